The molecule has 102 valence electrons. The first-order valence-corrected chi connectivity index (χ1v) is 7.70. The Morgan fingerprint density at radius 2 is 1.81 bits per heavy atom. The van der Waals surface area contributed by atoms with Crippen LogP contribution in [-0.4, -0.2) is 16.6 Å². The van der Waals surface area contributed by atoms with Crippen molar-refractivity contribution in [2.24, 2.45) is 0 Å². The number of benzene rings is 1. The predicted octanol–water partition coefficient (Wildman–Crippen LogP) is 3.94. The van der Waals surface area contributed by atoms with E-state index >= 15 is 0 Å². The number of carbonyl (C=O) groups is 2. The lowest BCUT2D eigenvalue weighted by Gasteiger charge is -2.11. The van der Waals surface area contributed by atoms with Crippen LogP contribution in [0.1, 0.15) is 31.3 Å². The number of hydrogen-bond donors (Lipinski definition) is 0. The maximum atomic E-state index is 12.5. The summed E-state index contributed by atoms with van der Waals surface area (Å²) >= 11 is 4.48. The van der Waals surface area contributed by atoms with Crippen LogP contribution in [0, 0.1) is 0 Å². The fourth-order valence-electron chi connectivity index (χ4n) is 2.29. The van der Waals surface area contributed by atoms with E-state index in [9.17, 15) is 9.59 Å². The molecule has 0 fully saturated rings. The first-order chi connectivity index (χ1) is 10.1. The molecule has 1 aromatic carbocycles. The van der Waals surface area contributed by atoms with Gasteiger partial charge in [0.2, 0.25) is 11.6 Å². The van der Waals surface area contributed by atoms with E-state index in [1.54, 1.807) is 30.3 Å². The van der Waals surface area contributed by atoms with Gasteiger partial charge in [0.25, 0.3) is 0 Å². The van der Waals surface area contributed by atoms with Gasteiger partial charge in [-0.25, -0.2) is 4.98 Å². The monoisotopic (exact) mass is 359 g/mol. The van der Waals surface area contributed by atoms with Crippen molar-refractivity contribution in [1.29, 1.82) is 0 Å². The third-order valence-corrected chi connectivity index (χ3v) is 4.73. The van der Waals surface area contributed by atoms with Gasteiger partial charge in [-0.15, -0.1) is 11.3 Å². The van der Waals surface area contributed by atoms with Gasteiger partial charge in [0.05, 0.1) is 4.47 Å². The van der Waals surface area contributed by atoms with E-state index in [2.05, 4.69) is 20.9 Å². The maximum Gasteiger partial charge on any atom is 0.213 e. The van der Waals surface area contributed by atoms with Crippen molar-refractivity contribution in [1.82, 2.24) is 4.98 Å². The second-order valence-corrected chi connectivity index (χ2v) is 6.44. The summed E-state index contributed by atoms with van der Waals surface area (Å²) in [5.41, 5.74) is 1.06. The molecular formula is C15H6BrNO3S. The van der Waals surface area contributed by atoms with E-state index in [0.717, 1.165) is 4.47 Å². The number of aromatic nitrogens is 1. The molecule has 3 aromatic rings. The van der Waals surface area contributed by atoms with Crippen molar-refractivity contribution in [2.75, 3.05) is 0 Å². The van der Waals surface area contributed by atoms with E-state index < -0.39 is 0 Å². The first-order valence-electron chi connectivity index (χ1n) is 6.09. The van der Waals surface area contributed by atoms with Crippen LogP contribution in [0.2, 0.25) is 0 Å². The minimum Gasteiger partial charge on any atom is -0.461 e. The average molecular weight is 360 g/mol. The zero-order chi connectivity index (χ0) is 14.6. The number of ketones is 2. The number of nitrogens with zero attached hydrogens (tertiary/aromatic N) is 1. The summed E-state index contributed by atoms with van der Waals surface area (Å²) in [5, 5.41) is 0.528. The smallest absolute Gasteiger partial charge is 0.213 e. The minimum atomic E-state index is -0.215. The van der Waals surface area contributed by atoms with Crippen molar-refractivity contribution < 1.29 is 14.0 Å². The third-order valence-electron chi connectivity index (χ3n) is 3.24. The van der Waals surface area contributed by atoms with E-state index in [1.165, 1.54) is 17.6 Å². The van der Waals surface area contributed by atoms with Gasteiger partial charge in [0, 0.05) is 17.2 Å². The largest absolute Gasteiger partial charge is 0.461 e. The molecule has 1 aliphatic carbocycles. The molecule has 0 aliphatic heterocycles. The molecule has 2 aromatic heterocycles. The second kappa shape index (κ2) is 4.47. The summed E-state index contributed by atoms with van der Waals surface area (Å²) in [7, 11) is 0. The molecule has 4 rings (SSSR count). The number of carbonyl (C=O) groups excluding carboxylic acids is 2. The Balaban J connectivity index is 1.91. The van der Waals surface area contributed by atoms with Crippen molar-refractivity contribution >= 4 is 38.8 Å². The number of thiazole rings is 1. The van der Waals surface area contributed by atoms with Crippen LogP contribution >= 0.6 is 27.3 Å². The Morgan fingerprint density at radius 3 is 2.48 bits per heavy atom. The van der Waals surface area contributed by atoms with Gasteiger partial charge in [0.1, 0.15) is 16.8 Å². The predicted molar refractivity (Wildman–Crippen MR) is 80.8 cm³/mol. The highest BCUT2D eigenvalue weighted by atomic mass is 79.9. The molecule has 6 heteroatoms. The van der Waals surface area contributed by atoms with Crippen LogP contribution in [0.4, 0.5) is 0 Å². The van der Waals surface area contributed by atoms with Crippen LogP contribution < -0.4 is 0 Å². The van der Waals surface area contributed by atoms with Gasteiger partial charge < -0.3 is 4.42 Å². The lowest BCUT2D eigenvalue weighted by atomic mass is 9.91. The van der Waals surface area contributed by atoms with Gasteiger partial charge in [-0.3, -0.25) is 9.59 Å². The van der Waals surface area contributed by atoms with Crippen LogP contribution in [-0.2, 0) is 0 Å². The summed E-state index contributed by atoms with van der Waals surface area (Å²) in [6.07, 6.45) is 1.54. The summed E-state index contributed by atoms with van der Waals surface area (Å²) in [4.78, 5) is 29.6. The third kappa shape index (κ3) is 1.83. The first kappa shape index (κ1) is 12.7. The number of rotatable bonds is 1. The topological polar surface area (TPSA) is 60.2 Å². The van der Waals surface area contributed by atoms with Crippen molar-refractivity contribution in [3.63, 3.8) is 0 Å². The van der Waals surface area contributed by atoms with E-state index in [0.29, 0.717) is 26.8 Å². The summed E-state index contributed by atoms with van der Waals surface area (Å²) in [6.45, 7) is 0. The Kier molecular flexibility index (Phi) is 2.70. The average Bonchev–Trinajstić information content (AvgIpc) is 3.11. The van der Waals surface area contributed by atoms with Crippen molar-refractivity contribution in [3.05, 3.63) is 62.8 Å². The molecule has 0 spiro atoms. The molecule has 0 atom stereocenters. The Hall–Kier alpha value is -2.05. The molecule has 2 heterocycles. The fourth-order valence-corrected chi connectivity index (χ4v) is 3.56. The Labute approximate surface area is 131 Å². The van der Waals surface area contributed by atoms with E-state index in [-0.39, 0.29) is 17.3 Å². The lowest BCUT2D eigenvalue weighted by Crippen LogP contribution is -2.19. The Bertz CT molecular complexity index is 857. The summed E-state index contributed by atoms with van der Waals surface area (Å²) in [6, 6.07) is 8.57. The highest BCUT2D eigenvalue weighted by molar-refractivity contribution is 9.10. The lowest BCUT2D eigenvalue weighted by molar-refractivity contribution is 0.0979. The molecule has 1 aliphatic rings. The van der Waals surface area contributed by atoms with Gasteiger partial charge in [0.15, 0.2) is 10.8 Å². The fraction of sp³-hybridized carbons (Fsp3) is 0. The zero-order valence-electron chi connectivity index (χ0n) is 10.4. The number of furan rings is 1. The molecular weight excluding hydrogens is 354 g/mol. The van der Waals surface area contributed by atoms with Crippen LogP contribution in [0.15, 0.2) is 45.5 Å². The number of fused-ring (bicyclic) bond motifs is 2. The Morgan fingerprint density at radius 1 is 1.10 bits per heavy atom. The van der Waals surface area contributed by atoms with Gasteiger partial charge >= 0.3 is 0 Å². The summed E-state index contributed by atoms with van der Waals surface area (Å²) < 4.78 is 6.14. The number of halogens is 1. The zero-order valence-corrected chi connectivity index (χ0v) is 12.8. The van der Waals surface area contributed by atoms with Gasteiger partial charge in [-0.1, -0.05) is 24.3 Å². The summed E-state index contributed by atoms with van der Waals surface area (Å²) in [5.74, 6) is 0.161. The number of hydrogen-bond acceptors (Lipinski definition) is 5. The molecule has 0 amide bonds. The van der Waals surface area contributed by atoms with Crippen LogP contribution in [0.3, 0.4) is 0 Å². The highest BCUT2D eigenvalue weighted by Gasteiger charge is 2.33. The van der Waals surface area contributed by atoms with Crippen LogP contribution in [0.5, 0.6) is 0 Å². The minimum absolute atomic E-state index is 0.158. The molecule has 0 unspecified atom stereocenters. The van der Waals surface area contributed by atoms with E-state index in [1.807, 2.05) is 0 Å². The van der Waals surface area contributed by atoms with Crippen molar-refractivity contribution in [2.45, 2.75) is 0 Å². The standard InChI is InChI=1S/C15H6BrNO3S/c16-7-5-10(20-6-7)15-17-11-12(18)8-3-1-2-4-9(8)13(19)14(11)21-15/h1-6H. The quantitative estimate of drug-likeness (QED) is 0.516. The molecule has 0 radical (unpaired) electrons. The highest BCUT2D eigenvalue weighted by Crippen LogP contribution is 2.36. The molecule has 0 N–H and O–H groups in total. The molecule has 0 bridgehead atoms. The molecule has 21 heavy (non-hydrogen) atoms. The SMILES string of the molecule is O=C1c2ccccc2C(=O)c2sc(-c3cc(Br)co3)nc21. The van der Waals surface area contributed by atoms with Gasteiger partial charge in [-0.2, -0.15) is 0 Å². The van der Waals surface area contributed by atoms with Crippen molar-refractivity contribution in [3.8, 4) is 10.8 Å². The molecule has 0 saturated heterocycles. The van der Waals surface area contributed by atoms with Crippen LogP contribution in [0.25, 0.3) is 10.8 Å². The maximum absolute atomic E-state index is 12.5. The second-order valence-electron chi connectivity index (χ2n) is 4.53. The van der Waals surface area contributed by atoms with E-state index in [4.69, 9.17) is 4.42 Å². The normalized spacial score (nSPS) is 13.2. The van der Waals surface area contributed by atoms with Gasteiger partial charge in [-0.05, 0) is 15.9 Å². The molecule has 0 saturated carbocycles. The molecule has 4 nitrogen and oxygen atoms in total.